The zero-order chi connectivity index (χ0) is 6.69. The van der Waals surface area contributed by atoms with Crippen LogP contribution in [0.3, 0.4) is 0 Å². The van der Waals surface area contributed by atoms with Crippen LogP contribution in [0.1, 0.15) is 0 Å². The standard InChI is InChI=1S/C3H3Cl2N3S/c4-3(5)9-2-1-6-8-7-2/h1,3H,(H,6,7,8). The monoisotopic (exact) mass is 183 g/mol. The Morgan fingerprint density at radius 3 is 2.89 bits per heavy atom. The summed E-state index contributed by atoms with van der Waals surface area (Å²) < 4.78 is -0.477. The number of hydrogen-bond donors (Lipinski definition) is 1. The van der Waals surface area contributed by atoms with Crippen molar-refractivity contribution in [1.29, 1.82) is 0 Å². The summed E-state index contributed by atoms with van der Waals surface area (Å²) >= 11 is 12.1. The van der Waals surface area contributed by atoms with Gasteiger partial charge in [-0.15, -0.1) is 5.10 Å². The molecule has 0 aromatic carbocycles. The third-order valence-electron chi connectivity index (χ3n) is 0.603. The first kappa shape index (κ1) is 7.18. The second kappa shape index (κ2) is 3.29. The molecule has 0 bridgehead atoms. The van der Waals surface area contributed by atoms with Crippen LogP contribution in [0, 0.1) is 0 Å². The molecule has 50 valence electrons. The van der Waals surface area contributed by atoms with E-state index in [0.717, 1.165) is 0 Å². The molecule has 1 heterocycles. The van der Waals surface area contributed by atoms with Gasteiger partial charge in [0.05, 0.1) is 6.20 Å². The third-order valence-corrected chi connectivity index (χ3v) is 1.75. The van der Waals surface area contributed by atoms with Gasteiger partial charge >= 0.3 is 0 Å². The van der Waals surface area contributed by atoms with E-state index in [1.54, 1.807) is 6.20 Å². The molecular formula is C3H3Cl2N3S. The van der Waals surface area contributed by atoms with Crippen molar-refractivity contribution in [3.63, 3.8) is 0 Å². The van der Waals surface area contributed by atoms with Crippen molar-refractivity contribution in [1.82, 2.24) is 15.4 Å². The van der Waals surface area contributed by atoms with Crippen molar-refractivity contribution >= 4 is 35.0 Å². The number of aromatic nitrogens is 3. The van der Waals surface area contributed by atoms with Crippen molar-refractivity contribution in [2.24, 2.45) is 0 Å². The summed E-state index contributed by atoms with van der Waals surface area (Å²) in [5, 5.41) is 10.4. The first-order valence-electron chi connectivity index (χ1n) is 2.09. The maximum absolute atomic E-state index is 5.42. The summed E-state index contributed by atoms with van der Waals surface area (Å²) in [5.74, 6) is 0. The molecule has 0 aliphatic heterocycles. The molecule has 3 nitrogen and oxygen atoms in total. The molecule has 0 radical (unpaired) electrons. The zero-order valence-corrected chi connectivity index (χ0v) is 6.54. The summed E-state index contributed by atoms with van der Waals surface area (Å²) in [5.41, 5.74) is 0. The van der Waals surface area contributed by atoms with Gasteiger partial charge in [0, 0.05) is 0 Å². The Bertz CT molecular complexity index is 164. The minimum Gasteiger partial charge on any atom is -0.197 e. The number of H-pyrrole nitrogens is 1. The molecule has 1 aromatic rings. The molecule has 0 saturated carbocycles. The Morgan fingerprint density at radius 2 is 2.44 bits per heavy atom. The van der Waals surface area contributed by atoms with Crippen LogP contribution >= 0.6 is 35.0 Å². The average Bonchev–Trinajstić information content (AvgIpc) is 2.15. The summed E-state index contributed by atoms with van der Waals surface area (Å²) in [4.78, 5) is 0. The van der Waals surface area contributed by atoms with Gasteiger partial charge in [-0.3, -0.25) is 0 Å². The van der Waals surface area contributed by atoms with Crippen molar-refractivity contribution in [3.05, 3.63) is 6.20 Å². The van der Waals surface area contributed by atoms with Crippen molar-refractivity contribution in [3.8, 4) is 0 Å². The number of nitrogens with one attached hydrogen (secondary N) is 1. The second-order valence-corrected chi connectivity index (χ2v) is 3.93. The molecule has 0 aliphatic rings. The van der Waals surface area contributed by atoms with Gasteiger partial charge in [0.15, 0.2) is 4.17 Å². The lowest BCUT2D eigenvalue weighted by atomic mass is 11.0. The number of thioether (sulfide) groups is 1. The number of nitrogens with zero attached hydrogens (tertiary/aromatic N) is 2. The molecule has 0 unspecified atom stereocenters. The average molecular weight is 184 g/mol. The first-order chi connectivity index (χ1) is 4.29. The van der Waals surface area contributed by atoms with Crippen LogP contribution in [-0.4, -0.2) is 19.6 Å². The summed E-state index contributed by atoms with van der Waals surface area (Å²) in [6.07, 6.45) is 1.56. The predicted octanol–water partition coefficient (Wildman–Crippen LogP) is 1.66. The number of rotatable bonds is 2. The summed E-state index contributed by atoms with van der Waals surface area (Å²) in [6, 6.07) is 0. The normalized spacial score (nSPS) is 10.6. The lowest BCUT2D eigenvalue weighted by Gasteiger charge is -1.91. The number of aromatic amines is 1. The van der Waals surface area contributed by atoms with E-state index in [1.165, 1.54) is 11.8 Å². The topological polar surface area (TPSA) is 41.6 Å². The zero-order valence-electron chi connectivity index (χ0n) is 4.21. The maximum atomic E-state index is 5.42. The van der Waals surface area contributed by atoms with Gasteiger partial charge in [-0.2, -0.15) is 10.3 Å². The van der Waals surface area contributed by atoms with E-state index in [1.807, 2.05) is 0 Å². The van der Waals surface area contributed by atoms with E-state index >= 15 is 0 Å². The fraction of sp³-hybridized carbons (Fsp3) is 0.333. The number of hydrogen-bond acceptors (Lipinski definition) is 3. The molecule has 0 saturated heterocycles. The lowest BCUT2D eigenvalue weighted by molar-refractivity contribution is 0.911. The highest BCUT2D eigenvalue weighted by molar-refractivity contribution is 8.02. The predicted molar refractivity (Wildman–Crippen MR) is 37.7 cm³/mol. The van der Waals surface area contributed by atoms with Gasteiger partial charge in [0.25, 0.3) is 0 Å². The van der Waals surface area contributed by atoms with Crippen LogP contribution in [0.25, 0.3) is 0 Å². The largest absolute Gasteiger partial charge is 0.197 e. The third kappa shape index (κ3) is 2.43. The highest BCUT2D eigenvalue weighted by Crippen LogP contribution is 2.25. The van der Waals surface area contributed by atoms with Crippen LogP contribution in [-0.2, 0) is 0 Å². The molecule has 9 heavy (non-hydrogen) atoms. The Hall–Kier alpha value is 0.0700. The fourth-order valence-electron chi connectivity index (χ4n) is 0.339. The molecule has 0 aliphatic carbocycles. The van der Waals surface area contributed by atoms with Crippen molar-refractivity contribution < 1.29 is 0 Å². The van der Waals surface area contributed by atoms with Gasteiger partial charge < -0.3 is 0 Å². The minimum atomic E-state index is -0.477. The van der Waals surface area contributed by atoms with Crippen molar-refractivity contribution in [2.45, 2.75) is 9.19 Å². The number of alkyl halides is 2. The Morgan fingerprint density at radius 1 is 1.67 bits per heavy atom. The highest BCUT2D eigenvalue weighted by Gasteiger charge is 2.02. The Kier molecular flexibility index (Phi) is 2.63. The van der Waals surface area contributed by atoms with Crippen LogP contribution in [0.2, 0.25) is 0 Å². The number of halogens is 2. The molecule has 1 N–H and O–H groups in total. The second-order valence-electron chi connectivity index (χ2n) is 1.19. The SMILES string of the molecule is ClC(Cl)Sc1cn[nH]n1. The van der Waals surface area contributed by atoms with Gasteiger partial charge in [-0.25, -0.2) is 0 Å². The molecule has 0 atom stereocenters. The quantitative estimate of drug-likeness (QED) is 0.561. The molecule has 1 rings (SSSR count). The van der Waals surface area contributed by atoms with E-state index in [0.29, 0.717) is 5.03 Å². The molecule has 0 spiro atoms. The van der Waals surface area contributed by atoms with Gasteiger partial charge in [0.1, 0.15) is 5.03 Å². The Labute approximate surface area is 66.1 Å². The van der Waals surface area contributed by atoms with Crippen LogP contribution in [0.15, 0.2) is 11.2 Å². The van der Waals surface area contributed by atoms with Crippen LogP contribution in [0.4, 0.5) is 0 Å². The van der Waals surface area contributed by atoms with Gasteiger partial charge in [-0.05, 0) is 0 Å². The molecular weight excluding hydrogens is 181 g/mol. The van der Waals surface area contributed by atoms with E-state index in [2.05, 4.69) is 15.4 Å². The van der Waals surface area contributed by atoms with E-state index in [-0.39, 0.29) is 0 Å². The lowest BCUT2D eigenvalue weighted by Crippen LogP contribution is -1.77. The van der Waals surface area contributed by atoms with Crippen LogP contribution < -0.4 is 0 Å². The molecule has 0 fully saturated rings. The minimum absolute atomic E-state index is 0.477. The van der Waals surface area contributed by atoms with Crippen molar-refractivity contribution in [2.75, 3.05) is 0 Å². The molecule has 6 heteroatoms. The van der Waals surface area contributed by atoms with E-state index < -0.39 is 4.17 Å². The van der Waals surface area contributed by atoms with E-state index in [9.17, 15) is 0 Å². The molecule has 1 aromatic heterocycles. The van der Waals surface area contributed by atoms with Crippen LogP contribution in [0.5, 0.6) is 0 Å². The Balaban J connectivity index is 2.48. The highest BCUT2D eigenvalue weighted by atomic mass is 35.5. The fourth-order valence-corrected chi connectivity index (χ4v) is 1.28. The smallest absolute Gasteiger partial charge is 0.158 e. The maximum Gasteiger partial charge on any atom is 0.158 e. The van der Waals surface area contributed by atoms with Gasteiger partial charge in [-0.1, -0.05) is 35.0 Å². The van der Waals surface area contributed by atoms with Gasteiger partial charge in [0.2, 0.25) is 0 Å². The molecule has 0 amide bonds. The summed E-state index contributed by atoms with van der Waals surface area (Å²) in [7, 11) is 0. The summed E-state index contributed by atoms with van der Waals surface area (Å²) in [6.45, 7) is 0. The van der Waals surface area contributed by atoms with E-state index in [4.69, 9.17) is 23.2 Å². The first-order valence-corrected chi connectivity index (χ1v) is 3.85.